The van der Waals surface area contributed by atoms with Crippen LogP contribution in [0.1, 0.15) is 27.8 Å². The minimum atomic E-state index is -1.10. The Morgan fingerprint density at radius 3 is 2.62 bits per heavy atom. The lowest BCUT2D eigenvalue weighted by atomic mass is 10.1. The summed E-state index contributed by atoms with van der Waals surface area (Å²) >= 11 is 0. The molecule has 1 aromatic heterocycles. The lowest BCUT2D eigenvalue weighted by Crippen LogP contribution is -2.48. The van der Waals surface area contributed by atoms with E-state index in [4.69, 9.17) is 4.74 Å². The highest BCUT2D eigenvalue weighted by atomic mass is 16.5. The number of aromatic hydroxyl groups is 1. The number of ketones is 1. The lowest BCUT2D eigenvalue weighted by Gasteiger charge is -2.34. The molecule has 1 aromatic rings. The van der Waals surface area contributed by atoms with Gasteiger partial charge in [0.25, 0.3) is 11.7 Å². The molecule has 21 heavy (non-hydrogen) atoms. The van der Waals surface area contributed by atoms with Gasteiger partial charge in [-0.1, -0.05) is 0 Å². The maximum Gasteiger partial charge on any atom is 0.379 e. The van der Waals surface area contributed by atoms with Crippen molar-refractivity contribution < 1.29 is 29.0 Å². The number of esters is 1. The van der Waals surface area contributed by atoms with Crippen LogP contribution in [0.15, 0.2) is 6.20 Å². The van der Waals surface area contributed by atoms with E-state index in [9.17, 15) is 19.5 Å². The van der Waals surface area contributed by atoms with Gasteiger partial charge in [0.1, 0.15) is 6.23 Å². The largest absolute Gasteiger partial charge is 0.505 e. The van der Waals surface area contributed by atoms with Crippen molar-refractivity contribution in [2.75, 3.05) is 20.8 Å². The molecule has 1 unspecified atom stereocenters. The molecule has 0 radical (unpaired) electrons. The van der Waals surface area contributed by atoms with Crippen molar-refractivity contribution in [3.8, 4) is 5.75 Å². The first kappa shape index (κ1) is 15.0. The SMILES string of the molecule is CCN1C(=O)c2c(O)c(C(=O)C(=O)OC)cn2CC1OC. The van der Waals surface area contributed by atoms with E-state index in [1.54, 1.807) is 6.92 Å². The molecule has 0 aromatic carbocycles. The van der Waals surface area contributed by atoms with E-state index in [1.807, 2.05) is 0 Å². The van der Waals surface area contributed by atoms with Crippen LogP contribution < -0.4 is 0 Å². The highest BCUT2D eigenvalue weighted by Gasteiger charge is 2.37. The van der Waals surface area contributed by atoms with E-state index in [2.05, 4.69) is 4.74 Å². The number of carbonyl (C=O) groups is 3. The molecule has 0 fully saturated rings. The van der Waals surface area contributed by atoms with Crippen molar-refractivity contribution in [2.24, 2.45) is 0 Å². The van der Waals surface area contributed by atoms with Crippen LogP contribution in [-0.4, -0.2) is 59.2 Å². The van der Waals surface area contributed by atoms with Crippen LogP contribution in [0.5, 0.6) is 5.75 Å². The zero-order chi connectivity index (χ0) is 15.7. The molecular formula is C13H16N2O6. The smallest absolute Gasteiger partial charge is 0.379 e. The Hall–Kier alpha value is -2.35. The Bertz CT molecular complexity index is 606. The van der Waals surface area contributed by atoms with Gasteiger partial charge in [-0.2, -0.15) is 0 Å². The van der Waals surface area contributed by atoms with Crippen LogP contribution in [0.4, 0.5) is 0 Å². The molecule has 0 spiro atoms. The van der Waals surface area contributed by atoms with Gasteiger partial charge in [-0.25, -0.2) is 4.79 Å². The molecule has 0 saturated heterocycles. The second-order valence-electron chi connectivity index (χ2n) is 4.49. The zero-order valence-corrected chi connectivity index (χ0v) is 12.0. The molecule has 1 N–H and O–H groups in total. The maximum absolute atomic E-state index is 12.4. The van der Waals surface area contributed by atoms with Crippen LogP contribution in [0.3, 0.4) is 0 Å². The van der Waals surface area contributed by atoms with Crippen molar-refractivity contribution in [1.82, 2.24) is 9.47 Å². The van der Waals surface area contributed by atoms with Gasteiger partial charge < -0.3 is 24.0 Å². The molecular weight excluding hydrogens is 280 g/mol. The number of amides is 1. The van der Waals surface area contributed by atoms with Gasteiger partial charge in [0, 0.05) is 19.9 Å². The van der Waals surface area contributed by atoms with Gasteiger partial charge in [0.05, 0.1) is 19.2 Å². The number of nitrogens with zero attached hydrogens (tertiary/aromatic N) is 2. The van der Waals surface area contributed by atoms with Gasteiger partial charge in [-0.3, -0.25) is 9.59 Å². The Labute approximate surface area is 120 Å². The summed E-state index contributed by atoms with van der Waals surface area (Å²) in [4.78, 5) is 36.9. The van der Waals surface area contributed by atoms with Crippen LogP contribution in [-0.2, 0) is 20.8 Å². The molecule has 1 aliphatic heterocycles. The topological polar surface area (TPSA) is 98.1 Å². The van der Waals surface area contributed by atoms with E-state index in [-0.39, 0.29) is 17.8 Å². The van der Waals surface area contributed by atoms with E-state index < -0.39 is 29.6 Å². The fourth-order valence-electron chi connectivity index (χ4n) is 2.36. The van der Waals surface area contributed by atoms with Crippen LogP contribution in [0.25, 0.3) is 0 Å². The average Bonchev–Trinajstić information content (AvgIpc) is 2.82. The number of likely N-dealkylation sites (N-methyl/N-ethyl adjacent to an activating group) is 1. The summed E-state index contributed by atoms with van der Waals surface area (Å²) in [5.41, 5.74) is -0.282. The van der Waals surface area contributed by atoms with Crippen LogP contribution >= 0.6 is 0 Å². The summed E-state index contributed by atoms with van der Waals surface area (Å²) in [6.45, 7) is 2.43. The van der Waals surface area contributed by atoms with Gasteiger partial charge in [0.2, 0.25) is 0 Å². The predicted octanol–water partition coefficient (Wildman–Crippen LogP) is -0.00240. The third kappa shape index (κ3) is 2.27. The Morgan fingerprint density at radius 1 is 1.43 bits per heavy atom. The van der Waals surface area contributed by atoms with Crippen LogP contribution in [0.2, 0.25) is 0 Å². The fourth-order valence-corrected chi connectivity index (χ4v) is 2.36. The number of fused-ring (bicyclic) bond motifs is 1. The highest BCUT2D eigenvalue weighted by molar-refractivity contribution is 6.41. The van der Waals surface area contributed by atoms with Crippen molar-refractivity contribution in [1.29, 1.82) is 0 Å². The average molecular weight is 296 g/mol. The minimum Gasteiger partial charge on any atom is -0.505 e. The molecule has 0 bridgehead atoms. The van der Waals surface area contributed by atoms with E-state index in [0.29, 0.717) is 6.54 Å². The monoisotopic (exact) mass is 296 g/mol. The zero-order valence-electron chi connectivity index (χ0n) is 12.0. The van der Waals surface area contributed by atoms with Gasteiger partial charge >= 0.3 is 5.97 Å². The lowest BCUT2D eigenvalue weighted by molar-refractivity contribution is -0.135. The molecule has 0 saturated carbocycles. The third-order valence-electron chi connectivity index (χ3n) is 3.44. The molecule has 8 nitrogen and oxygen atoms in total. The first-order valence-corrected chi connectivity index (χ1v) is 6.34. The highest BCUT2D eigenvalue weighted by Crippen LogP contribution is 2.31. The summed E-state index contributed by atoms with van der Waals surface area (Å²) in [6.07, 6.45) is 0.767. The van der Waals surface area contributed by atoms with Crippen molar-refractivity contribution in [2.45, 2.75) is 19.7 Å². The molecule has 2 rings (SSSR count). The van der Waals surface area contributed by atoms with Crippen molar-refractivity contribution in [3.05, 3.63) is 17.5 Å². The number of ether oxygens (including phenoxy) is 2. The summed E-state index contributed by atoms with van der Waals surface area (Å²) in [5, 5.41) is 10.1. The number of hydrogen-bond acceptors (Lipinski definition) is 6. The summed E-state index contributed by atoms with van der Waals surface area (Å²) in [7, 11) is 2.54. The first-order chi connectivity index (χ1) is 9.96. The van der Waals surface area contributed by atoms with Crippen molar-refractivity contribution in [3.63, 3.8) is 0 Å². The number of methoxy groups -OCH3 is 2. The first-order valence-electron chi connectivity index (χ1n) is 6.34. The molecule has 1 aliphatic rings. The summed E-state index contributed by atoms with van der Waals surface area (Å²) < 4.78 is 11.0. The number of hydrogen-bond donors (Lipinski definition) is 1. The van der Waals surface area contributed by atoms with Crippen molar-refractivity contribution >= 4 is 17.7 Å². The fraction of sp³-hybridized carbons (Fsp3) is 0.462. The third-order valence-corrected chi connectivity index (χ3v) is 3.44. The Morgan fingerprint density at radius 2 is 2.10 bits per heavy atom. The van der Waals surface area contributed by atoms with Gasteiger partial charge in [-0.15, -0.1) is 0 Å². The number of rotatable bonds is 4. The molecule has 1 amide bonds. The Kier molecular flexibility index (Phi) is 3.99. The molecule has 114 valence electrons. The van der Waals surface area contributed by atoms with E-state index in [1.165, 1.54) is 22.8 Å². The van der Waals surface area contributed by atoms with E-state index in [0.717, 1.165) is 7.11 Å². The van der Waals surface area contributed by atoms with Gasteiger partial charge in [-0.05, 0) is 6.92 Å². The number of aromatic nitrogens is 1. The minimum absolute atomic E-state index is 0.0302. The summed E-state index contributed by atoms with van der Waals surface area (Å²) in [5.74, 6) is -3.07. The molecule has 8 heteroatoms. The number of Topliss-reactive ketones (excluding diaryl/α,β-unsaturated/α-hetero) is 1. The normalized spacial score (nSPS) is 17.6. The number of carbonyl (C=O) groups excluding carboxylic acids is 3. The Balaban J connectivity index is 2.49. The predicted molar refractivity (Wildman–Crippen MR) is 70.0 cm³/mol. The molecule has 2 heterocycles. The van der Waals surface area contributed by atoms with E-state index >= 15 is 0 Å². The summed E-state index contributed by atoms with van der Waals surface area (Å²) in [6, 6.07) is 0. The van der Waals surface area contributed by atoms with Crippen LogP contribution in [0, 0.1) is 0 Å². The van der Waals surface area contributed by atoms with Gasteiger partial charge in [0.15, 0.2) is 11.4 Å². The quantitative estimate of drug-likeness (QED) is 0.477. The maximum atomic E-state index is 12.4. The second-order valence-corrected chi connectivity index (χ2v) is 4.49. The second kappa shape index (κ2) is 5.57. The standard InChI is InChI=1S/C13H16N2O6/c1-4-15-8(20-2)6-14-5-7(11(17)13(19)21-3)10(16)9(14)12(15)18/h5,8,16H,4,6H2,1-3H3. The molecule has 0 aliphatic carbocycles. The molecule has 1 atom stereocenters.